The van der Waals surface area contributed by atoms with Gasteiger partial charge in [0.05, 0.1) is 16.8 Å². The fourth-order valence-electron chi connectivity index (χ4n) is 2.79. The van der Waals surface area contributed by atoms with Crippen LogP contribution in [0.4, 0.5) is 0 Å². The highest BCUT2D eigenvalue weighted by molar-refractivity contribution is 7.12. The minimum absolute atomic E-state index is 0.0232. The Morgan fingerprint density at radius 2 is 2.32 bits per heavy atom. The molecular formula is C15H16ClN3O2S. The molecule has 1 amide bonds. The van der Waals surface area contributed by atoms with E-state index in [-0.39, 0.29) is 17.7 Å². The second kappa shape index (κ2) is 6.22. The Labute approximate surface area is 137 Å². The van der Waals surface area contributed by atoms with Gasteiger partial charge in [0.2, 0.25) is 0 Å². The van der Waals surface area contributed by atoms with Crippen LogP contribution in [0.15, 0.2) is 23.8 Å². The molecule has 1 atom stereocenters. The molecule has 3 rings (SSSR count). The summed E-state index contributed by atoms with van der Waals surface area (Å²) in [5.74, 6) is -0.0448. The van der Waals surface area contributed by atoms with Gasteiger partial charge in [-0.2, -0.15) is 5.10 Å². The van der Waals surface area contributed by atoms with Gasteiger partial charge in [-0.05, 0) is 24.3 Å². The van der Waals surface area contributed by atoms with Crippen LogP contribution in [-0.4, -0.2) is 39.0 Å². The minimum Gasteiger partial charge on any atom is -0.334 e. The van der Waals surface area contributed by atoms with Crippen molar-refractivity contribution in [3.8, 4) is 0 Å². The van der Waals surface area contributed by atoms with Gasteiger partial charge in [0.15, 0.2) is 5.78 Å². The van der Waals surface area contributed by atoms with Gasteiger partial charge in [0.25, 0.3) is 5.91 Å². The van der Waals surface area contributed by atoms with Gasteiger partial charge >= 0.3 is 0 Å². The summed E-state index contributed by atoms with van der Waals surface area (Å²) in [6.07, 6.45) is 5.38. The summed E-state index contributed by atoms with van der Waals surface area (Å²) in [5, 5.41) is 6.31. The molecule has 0 spiro atoms. The summed E-state index contributed by atoms with van der Waals surface area (Å²) in [7, 11) is 1.78. The molecule has 5 nitrogen and oxygen atoms in total. The predicted octanol–water partition coefficient (Wildman–Crippen LogP) is 3.01. The Kier molecular flexibility index (Phi) is 4.31. The number of amides is 1. The highest BCUT2D eigenvalue weighted by atomic mass is 35.5. The van der Waals surface area contributed by atoms with Gasteiger partial charge in [0.1, 0.15) is 4.88 Å². The van der Waals surface area contributed by atoms with E-state index in [1.54, 1.807) is 40.5 Å². The molecule has 2 aromatic heterocycles. The van der Waals surface area contributed by atoms with Crippen molar-refractivity contribution in [2.24, 2.45) is 7.05 Å². The Morgan fingerprint density at radius 1 is 1.50 bits per heavy atom. The van der Waals surface area contributed by atoms with E-state index < -0.39 is 0 Å². The number of aryl methyl sites for hydroxylation is 1. The number of halogens is 1. The Hall–Kier alpha value is -1.66. The second-order valence-corrected chi connectivity index (χ2v) is 6.75. The number of hydrogen-bond acceptors (Lipinski definition) is 4. The van der Waals surface area contributed by atoms with E-state index in [1.807, 2.05) is 0 Å². The van der Waals surface area contributed by atoms with Gasteiger partial charge in [-0.15, -0.1) is 11.3 Å². The van der Waals surface area contributed by atoms with Crippen LogP contribution in [0.3, 0.4) is 0 Å². The molecule has 22 heavy (non-hydrogen) atoms. The van der Waals surface area contributed by atoms with Crippen LogP contribution >= 0.6 is 22.9 Å². The third-order valence-corrected chi connectivity index (χ3v) is 5.23. The molecular weight excluding hydrogens is 322 g/mol. The summed E-state index contributed by atoms with van der Waals surface area (Å²) in [4.78, 5) is 27.2. The molecule has 3 heterocycles. The molecule has 116 valence electrons. The summed E-state index contributed by atoms with van der Waals surface area (Å²) < 4.78 is 1.61. The zero-order valence-electron chi connectivity index (χ0n) is 12.2. The van der Waals surface area contributed by atoms with Crippen LogP contribution in [0, 0.1) is 0 Å². The Balaban J connectivity index is 1.72. The maximum absolute atomic E-state index is 12.6. The lowest BCUT2D eigenvalue weighted by Gasteiger charge is -2.23. The molecule has 0 N–H and O–H groups in total. The number of rotatable bonds is 4. The molecule has 7 heteroatoms. The van der Waals surface area contributed by atoms with E-state index in [2.05, 4.69) is 5.10 Å². The first-order valence-corrected chi connectivity index (χ1v) is 8.38. The predicted molar refractivity (Wildman–Crippen MR) is 85.5 cm³/mol. The average Bonchev–Trinajstić information content (AvgIpc) is 3.19. The van der Waals surface area contributed by atoms with Crippen molar-refractivity contribution in [2.75, 3.05) is 6.54 Å². The van der Waals surface area contributed by atoms with E-state index in [0.717, 1.165) is 12.8 Å². The van der Waals surface area contributed by atoms with Crippen LogP contribution < -0.4 is 0 Å². The van der Waals surface area contributed by atoms with Crippen LogP contribution in [0.1, 0.15) is 39.3 Å². The first-order chi connectivity index (χ1) is 10.6. The number of hydrogen-bond donors (Lipinski definition) is 0. The van der Waals surface area contributed by atoms with Gasteiger partial charge in [-0.1, -0.05) is 11.6 Å². The molecule has 0 aliphatic carbocycles. The lowest BCUT2D eigenvalue weighted by atomic mass is 10.0. The first-order valence-electron chi connectivity index (χ1n) is 7.12. The molecule has 1 saturated heterocycles. The maximum atomic E-state index is 12.6. The van der Waals surface area contributed by atoms with Gasteiger partial charge in [-0.25, -0.2) is 0 Å². The fraction of sp³-hybridized carbons (Fsp3) is 0.400. The molecule has 0 bridgehead atoms. The number of Topliss-reactive ketones (excluding diaryl/α,β-unsaturated/α-hetero) is 1. The van der Waals surface area contributed by atoms with Gasteiger partial charge < -0.3 is 4.90 Å². The van der Waals surface area contributed by atoms with Crippen molar-refractivity contribution in [1.82, 2.24) is 14.7 Å². The van der Waals surface area contributed by atoms with Crippen molar-refractivity contribution < 1.29 is 9.59 Å². The SMILES string of the molecule is Cn1cc(C(=O)CC2CCCN2C(=O)c2sccc2Cl)cn1. The zero-order chi connectivity index (χ0) is 15.7. The molecule has 1 aliphatic rings. The summed E-state index contributed by atoms with van der Waals surface area (Å²) in [6.45, 7) is 0.679. The Bertz CT molecular complexity index is 709. The van der Waals surface area contributed by atoms with Crippen molar-refractivity contribution in [3.05, 3.63) is 39.3 Å². The van der Waals surface area contributed by atoms with Crippen molar-refractivity contribution >= 4 is 34.6 Å². The first kappa shape index (κ1) is 15.2. The maximum Gasteiger partial charge on any atom is 0.265 e. The van der Waals surface area contributed by atoms with E-state index >= 15 is 0 Å². The standard InChI is InChI=1S/C15H16ClN3O2S/c1-18-9-10(8-17-18)13(20)7-11-3-2-5-19(11)15(21)14-12(16)4-6-22-14/h4,6,8-9,11H,2-3,5,7H2,1H3. The lowest BCUT2D eigenvalue weighted by Crippen LogP contribution is -2.36. The number of likely N-dealkylation sites (tertiary alicyclic amines) is 1. The molecule has 2 aromatic rings. The van der Waals surface area contributed by atoms with Crippen LogP contribution in [0.2, 0.25) is 5.02 Å². The second-order valence-electron chi connectivity index (χ2n) is 5.42. The summed E-state index contributed by atoms with van der Waals surface area (Å²) in [5.41, 5.74) is 0.593. The van der Waals surface area contributed by atoms with Crippen molar-refractivity contribution in [3.63, 3.8) is 0 Å². The largest absolute Gasteiger partial charge is 0.334 e. The number of carbonyl (C=O) groups is 2. The van der Waals surface area contributed by atoms with Crippen LogP contribution in [0.5, 0.6) is 0 Å². The topological polar surface area (TPSA) is 55.2 Å². The molecule has 1 unspecified atom stereocenters. The van der Waals surface area contributed by atoms with E-state index in [1.165, 1.54) is 11.3 Å². The average molecular weight is 338 g/mol. The van der Waals surface area contributed by atoms with Crippen molar-refractivity contribution in [1.29, 1.82) is 0 Å². The monoisotopic (exact) mass is 337 g/mol. The Morgan fingerprint density at radius 3 is 2.95 bits per heavy atom. The zero-order valence-corrected chi connectivity index (χ0v) is 13.7. The van der Waals surface area contributed by atoms with Crippen LogP contribution in [0.25, 0.3) is 0 Å². The molecule has 1 aliphatic heterocycles. The number of thiophene rings is 1. The normalized spacial score (nSPS) is 17.9. The smallest absolute Gasteiger partial charge is 0.265 e. The number of nitrogens with zero attached hydrogens (tertiary/aromatic N) is 3. The number of carbonyl (C=O) groups excluding carboxylic acids is 2. The molecule has 0 aromatic carbocycles. The van der Waals surface area contributed by atoms with Gasteiger partial charge in [-0.3, -0.25) is 14.3 Å². The fourth-order valence-corrected chi connectivity index (χ4v) is 3.88. The summed E-state index contributed by atoms with van der Waals surface area (Å²) in [6, 6.07) is 1.67. The third kappa shape index (κ3) is 2.94. The number of ketones is 1. The molecule has 0 radical (unpaired) electrons. The van der Waals surface area contributed by atoms with E-state index in [4.69, 9.17) is 11.6 Å². The summed E-state index contributed by atoms with van der Waals surface area (Å²) >= 11 is 7.39. The van der Waals surface area contributed by atoms with Crippen LogP contribution in [-0.2, 0) is 7.05 Å². The third-order valence-electron chi connectivity index (χ3n) is 3.90. The minimum atomic E-state index is -0.0681. The molecule has 1 fully saturated rings. The quantitative estimate of drug-likeness (QED) is 0.806. The van der Waals surface area contributed by atoms with E-state index in [9.17, 15) is 9.59 Å². The number of aromatic nitrogens is 2. The van der Waals surface area contributed by atoms with E-state index in [0.29, 0.717) is 28.4 Å². The highest BCUT2D eigenvalue weighted by Gasteiger charge is 2.32. The highest BCUT2D eigenvalue weighted by Crippen LogP contribution is 2.29. The lowest BCUT2D eigenvalue weighted by molar-refractivity contribution is 0.0722. The van der Waals surface area contributed by atoms with Crippen molar-refractivity contribution in [2.45, 2.75) is 25.3 Å². The molecule has 0 saturated carbocycles. The van der Waals surface area contributed by atoms with Gasteiger partial charge in [0, 0.05) is 32.3 Å².